The van der Waals surface area contributed by atoms with E-state index in [0.717, 1.165) is 10.9 Å². The van der Waals surface area contributed by atoms with E-state index in [0.29, 0.717) is 17.1 Å². The number of halogens is 1. The van der Waals surface area contributed by atoms with Crippen LogP contribution in [0.2, 0.25) is 5.02 Å². The Morgan fingerprint density at radius 2 is 1.89 bits per heavy atom. The number of rotatable bonds is 3. The lowest BCUT2D eigenvalue weighted by atomic mass is 10.2. The van der Waals surface area contributed by atoms with Crippen LogP contribution in [0.3, 0.4) is 0 Å². The summed E-state index contributed by atoms with van der Waals surface area (Å²) in [7, 11) is 2.58. The maximum absolute atomic E-state index is 11.9. The Morgan fingerprint density at radius 3 is 2.56 bits per heavy atom. The van der Waals surface area contributed by atoms with Crippen LogP contribution < -0.4 is 10.6 Å². The highest BCUT2D eigenvalue weighted by atomic mass is 35.5. The Hall–Kier alpha value is -1.37. The van der Waals surface area contributed by atoms with Crippen LogP contribution in [0, 0.1) is 0 Å². The van der Waals surface area contributed by atoms with Gasteiger partial charge in [0.1, 0.15) is 0 Å². The van der Waals surface area contributed by atoms with Crippen LogP contribution in [0.15, 0.2) is 48.5 Å². The molecule has 1 amide bonds. The second-order valence-electron chi connectivity index (χ2n) is 3.93. The maximum atomic E-state index is 11.9. The molecule has 0 saturated carbocycles. The van der Waals surface area contributed by atoms with Crippen molar-refractivity contribution in [2.75, 3.05) is 0 Å². The van der Waals surface area contributed by atoms with Crippen molar-refractivity contribution in [1.29, 1.82) is 0 Å². The first-order valence-corrected chi connectivity index (χ1v) is 6.49. The average Bonchev–Trinajstić information content (AvgIpc) is 2.38. The zero-order valence-electron chi connectivity index (χ0n) is 9.69. The molecular weight excluding hydrogens is 265 g/mol. The molecule has 0 spiro atoms. The van der Waals surface area contributed by atoms with Gasteiger partial charge in [0.2, 0.25) is 0 Å². The minimum absolute atomic E-state index is 0.0748. The number of hydrogen-bond donors (Lipinski definition) is 1. The van der Waals surface area contributed by atoms with Crippen LogP contribution in [0.25, 0.3) is 0 Å². The number of amides is 1. The first-order valence-electron chi connectivity index (χ1n) is 5.53. The third kappa shape index (κ3) is 3.56. The zero-order valence-corrected chi connectivity index (χ0v) is 11.6. The smallest absolute Gasteiger partial charge is 0.251 e. The predicted molar refractivity (Wildman–Crippen MR) is 78.4 cm³/mol. The van der Waals surface area contributed by atoms with E-state index >= 15 is 0 Å². The maximum Gasteiger partial charge on any atom is 0.251 e. The predicted octanol–water partition coefficient (Wildman–Crippen LogP) is 2.77. The molecule has 0 aliphatic carbocycles. The number of hydrogen-bond acceptors (Lipinski definition) is 1. The second-order valence-corrected chi connectivity index (χ2v) is 5.04. The first kappa shape index (κ1) is 13.1. The molecule has 18 heavy (non-hydrogen) atoms. The van der Waals surface area contributed by atoms with Crippen LogP contribution in [-0.2, 0) is 6.54 Å². The van der Waals surface area contributed by atoms with E-state index < -0.39 is 0 Å². The topological polar surface area (TPSA) is 29.1 Å². The van der Waals surface area contributed by atoms with Crippen LogP contribution in [-0.4, -0.2) is 5.91 Å². The van der Waals surface area contributed by atoms with Gasteiger partial charge < -0.3 is 5.32 Å². The van der Waals surface area contributed by atoms with Crippen molar-refractivity contribution < 1.29 is 4.79 Å². The molecule has 2 nitrogen and oxygen atoms in total. The SMILES string of the molecule is O=C(NCc1ccc(Cl)cc1)c1cccc(P)c1. The molecule has 4 heteroatoms. The summed E-state index contributed by atoms with van der Waals surface area (Å²) in [6.07, 6.45) is 0. The molecule has 0 heterocycles. The van der Waals surface area contributed by atoms with Crippen molar-refractivity contribution in [2.24, 2.45) is 0 Å². The van der Waals surface area contributed by atoms with Crippen molar-refractivity contribution in [1.82, 2.24) is 5.32 Å². The quantitative estimate of drug-likeness (QED) is 0.859. The monoisotopic (exact) mass is 277 g/mol. The van der Waals surface area contributed by atoms with Crippen LogP contribution in [0.4, 0.5) is 0 Å². The fraction of sp³-hybridized carbons (Fsp3) is 0.0714. The van der Waals surface area contributed by atoms with Crippen LogP contribution >= 0.6 is 20.8 Å². The summed E-state index contributed by atoms with van der Waals surface area (Å²) in [6, 6.07) is 14.8. The summed E-state index contributed by atoms with van der Waals surface area (Å²) in [6.45, 7) is 0.497. The molecule has 2 rings (SSSR count). The minimum atomic E-state index is -0.0748. The van der Waals surface area contributed by atoms with Crippen molar-refractivity contribution in [3.05, 3.63) is 64.7 Å². The van der Waals surface area contributed by atoms with Crippen LogP contribution in [0.1, 0.15) is 15.9 Å². The van der Waals surface area contributed by atoms with Gasteiger partial charge in [-0.1, -0.05) is 35.9 Å². The fourth-order valence-electron chi connectivity index (χ4n) is 1.57. The third-order valence-corrected chi connectivity index (χ3v) is 3.13. The van der Waals surface area contributed by atoms with Gasteiger partial charge in [-0.25, -0.2) is 0 Å². The molecule has 0 saturated heterocycles. The molecule has 92 valence electrons. The van der Waals surface area contributed by atoms with E-state index in [1.807, 2.05) is 42.5 Å². The number of carbonyl (C=O) groups excluding carboxylic acids is 1. The lowest BCUT2D eigenvalue weighted by molar-refractivity contribution is 0.0951. The standard InChI is InChI=1S/C14H13ClNOP/c15-12-6-4-10(5-7-12)9-16-14(17)11-2-1-3-13(18)8-11/h1-8H,9,18H2,(H,16,17). The Kier molecular flexibility index (Phi) is 4.35. The van der Waals surface area contributed by atoms with E-state index in [4.69, 9.17) is 11.6 Å². The summed E-state index contributed by atoms with van der Waals surface area (Å²) in [4.78, 5) is 11.9. The van der Waals surface area contributed by atoms with Gasteiger partial charge in [-0.15, -0.1) is 9.24 Å². The lowest BCUT2D eigenvalue weighted by Gasteiger charge is -2.06. The number of carbonyl (C=O) groups is 1. The normalized spacial score (nSPS) is 10.1. The summed E-state index contributed by atoms with van der Waals surface area (Å²) in [5.41, 5.74) is 1.69. The molecule has 1 unspecified atom stereocenters. The van der Waals surface area contributed by atoms with Crippen molar-refractivity contribution in [3.63, 3.8) is 0 Å². The largest absolute Gasteiger partial charge is 0.348 e. The molecule has 0 radical (unpaired) electrons. The molecule has 0 aromatic heterocycles. The highest BCUT2D eigenvalue weighted by molar-refractivity contribution is 7.27. The molecule has 1 N–H and O–H groups in total. The van der Waals surface area contributed by atoms with Crippen molar-refractivity contribution >= 4 is 32.1 Å². The van der Waals surface area contributed by atoms with Gasteiger partial charge >= 0.3 is 0 Å². The van der Waals surface area contributed by atoms with Crippen molar-refractivity contribution in [2.45, 2.75) is 6.54 Å². The van der Waals surface area contributed by atoms with Gasteiger partial charge in [0.25, 0.3) is 5.91 Å². The van der Waals surface area contributed by atoms with E-state index in [1.165, 1.54) is 0 Å². The van der Waals surface area contributed by atoms with Gasteiger partial charge in [-0.3, -0.25) is 4.79 Å². The third-order valence-electron chi connectivity index (χ3n) is 2.52. The van der Waals surface area contributed by atoms with Gasteiger partial charge in [0.05, 0.1) is 0 Å². The highest BCUT2D eigenvalue weighted by Crippen LogP contribution is 2.09. The van der Waals surface area contributed by atoms with E-state index in [-0.39, 0.29) is 5.91 Å². The first-order chi connectivity index (χ1) is 8.65. The fourth-order valence-corrected chi connectivity index (χ4v) is 1.98. The van der Waals surface area contributed by atoms with Crippen molar-refractivity contribution in [3.8, 4) is 0 Å². The van der Waals surface area contributed by atoms with Gasteiger partial charge in [-0.05, 0) is 35.1 Å². The minimum Gasteiger partial charge on any atom is -0.348 e. The van der Waals surface area contributed by atoms with E-state index in [9.17, 15) is 4.79 Å². The molecule has 2 aromatic carbocycles. The lowest BCUT2D eigenvalue weighted by Crippen LogP contribution is -2.23. The second kappa shape index (κ2) is 5.99. The molecular formula is C14H13ClNOP. The Balaban J connectivity index is 1.98. The van der Waals surface area contributed by atoms with Gasteiger partial charge in [0, 0.05) is 17.1 Å². The number of nitrogens with one attached hydrogen (secondary N) is 1. The summed E-state index contributed by atoms with van der Waals surface area (Å²) < 4.78 is 0. The Labute approximate surface area is 114 Å². The number of benzene rings is 2. The zero-order chi connectivity index (χ0) is 13.0. The summed E-state index contributed by atoms with van der Waals surface area (Å²) >= 11 is 5.80. The van der Waals surface area contributed by atoms with E-state index in [2.05, 4.69) is 14.6 Å². The summed E-state index contributed by atoms with van der Waals surface area (Å²) in [5, 5.41) is 4.56. The van der Waals surface area contributed by atoms with Gasteiger partial charge in [-0.2, -0.15) is 0 Å². The summed E-state index contributed by atoms with van der Waals surface area (Å²) in [5.74, 6) is -0.0748. The molecule has 0 bridgehead atoms. The van der Waals surface area contributed by atoms with E-state index in [1.54, 1.807) is 6.07 Å². The van der Waals surface area contributed by atoms with Crippen LogP contribution in [0.5, 0.6) is 0 Å². The molecule has 1 atom stereocenters. The molecule has 2 aromatic rings. The van der Waals surface area contributed by atoms with Gasteiger partial charge in [0.15, 0.2) is 0 Å². The molecule has 0 aliphatic rings. The highest BCUT2D eigenvalue weighted by Gasteiger charge is 2.04. The average molecular weight is 278 g/mol. The molecule has 0 aliphatic heterocycles. The Bertz CT molecular complexity index is 554. The Morgan fingerprint density at radius 1 is 1.17 bits per heavy atom. The molecule has 0 fully saturated rings.